The summed E-state index contributed by atoms with van der Waals surface area (Å²) < 4.78 is 10.9. The first kappa shape index (κ1) is 19.6. The van der Waals surface area contributed by atoms with Crippen molar-refractivity contribution in [1.29, 1.82) is 0 Å². The van der Waals surface area contributed by atoms with Gasteiger partial charge in [0.2, 0.25) is 0 Å². The Kier molecular flexibility index (Phi) is 6.45. The van der Waals surface area contributed by atoms with Gasteiger partial charge in [0.25, 0.3) is 5.91 Å². The second kappa shape index (κ2) is 9.19. The van der Waals surface area contributed by atoms with Crippen LogP contribution in [0, 0.1) is 0 Å². The summed E-state index contributed by atoms with van der Waals surface area (Å²) >= 11 is 5.90. The summed E-state index contributed by atoms with van der Waals surface area (Å²) in [5, 5.41) is 2.75. The largest absolute Gasteiger partial charge is 0.461 e. The SMILES string of the molecule is C[C@H](OC(=O)CCc1ccc(-c2ccccc2)o1)C(=O)Nc1cccnc1Cl. The lowest BCUT2D eigenvalue weighted by Gasteiger charge is -2.13. The van der Waals surface area contributed by atoms with Gasteiger partial charge in [0.1, 0.15) is 11.5 Å². The van der Waals surface area contributed by atoms with E-state index in [9.17, 15) is 9.59 Å². The molecule has 144 valence electrons. The molecule has 0 saturated carbocycles. The molecule has 1 aromatic carbocycles. The highest BCUT2D eigenvalue weighted by molar-refractivity contribution is 6.32. The zero-order chi connectivity index (χ0) is 19.9. The second-order valence-corrected chi connectivity index (χ2v) is 6.45. The average Bonchev–Trinajstić information content (AvgIpc) is 3.18. The Bertz CT molecular complexity index is 956. The maximum absolute atomic E-state index is 12.1. The fraction of sp³-hybridized carbons (Fsp3) is 0.190. The molecule has 1 N–H and O–H groups in total. The number of anilines is 1. The van der Waals surface area contributed by atoms with Crippen molar-refractivity contribution >= 4 is 29.2 Å². The number of furan rings is 1. The highest BCUT2D eigenvalue weighted by atomic mass is 35.5. The van der Waals surface area contributed by atoms with Crippen LogP contribution in [0.4, 0.5) is 5.69 Å². The number of halogens is 1. The summed E-state index contributed by atoms with van der Waals surface area (Å²) in [5.41, 5.74) is 1.33. The molecule has 0 aliphatic carbocycles. The first-order valence-electron chi connectivity index (χ1n) is 8.78. The van der Waals surface area contributed by atoms with E-state index >= 15 is 0 Å². The molecule has 0 unspecified atom stereocenters. The molecule has 0 aliphatic heterocycles. The predicted octanol–water partition coefficient (Wildman–Crippen LogP) is 4.50. The van der Waals surface area contributed by atoms with E-state index in [0.717, 1.165) is 11.3 Å². The van der Waals surface area contributed by atoms with Crippen LogP contribution in [0.15, 0.2) is 65.2 Å². The number of benzene rings is 1. The molecule has 2 aromatic heterocycles. The Morgan fingerprint density at radius 2 is 1.93 bits per heavy atom. The van der Waals surface area contributed by atoms with Gasteiger partial charge < -0.3 is 14.5 Å². The summed E-state index contributed by atoms with van der Waals surface area (Å²) in [5.74, 6) is 0.449. The van der Waals surface area contributed by atoms with E-state index in [-0.39, 0.29) is 11.6 Å². The first-order chi connectivity index (χ1) is 13.5. The van der Waals surface area contributed by atoms with Crippen LogP contribution in [-0.2, 0) is 20.7 Å². The standard InChI is InChI=1S/C21H19ClN2O4/c1-14(21(26)24-17-8-5-13-23-20(17)22)27-19(25)12-10-16-9-11-18(28-16)15-6-3-2-4-7-15/h2-9,11,13-14H,10,12H2,1H3,(H,24,26)/t14-/m0/s1. The van der Waals surface area contributed by atoms with Gasteiger partial charge in [0.15, 0.2) is 11.3 Å². The number of aryl methyl sites for hydroxylation is 1. The molecular weight excluding hydrogens is 380 g/mol. The number of nitrogens with one attached hydrogen (secondary N) is 1. The van der Waals surface area contributed by atoms with Crippen molar-refractivity contribution in [3.8, 4) is 11.3 Å². The quantitative estimate of drug-likeness (QED) is 0.468. The van der Waals surface area contributed by atoms with Gasteiger partial charge in [-0.25, -0.2) is 4.98 Å². The van der Waals surface area contributed by atoms with E-state index in [1.54, 1.807) is 12.1 Å². The fourth-order valence-electron chi connectivity index (χ4n) is 2.52. The van der Waals surface area contributed by atoms with E-state index in [1.165, 1.54) is 13.1 Å². The molecule has 3 aromatic rings. The average molecular weight is 399 g/mol. The van der Waals surface area contributed by atoms with Crippen molar-refractivity contribution in [3.05, 3.63) is 71.7 Å². The van der Waals surface area contributed by atoms with Gasteiger partial charge in [0.05, 0.1) is 12.1 Å². The third kappa shape index (κ3) is 5.20. The molecule has 0 bridgehead atoms. The number of carbonyl (C=O) groups is 2. The molecule has 0 spiro atoms. The molecule has 6 nitrogen and oxygen atoms in total. The van der Waals surface area contributed by atoms with Crippen molar-refractivity contribution in [2.45, 2.75) is 25.9 Å². The summed E-state index contributed by atoms with van der Waals surface area (Å²) in [4.78, 5) is 28.1. The minimum atomic E-state index is -0.958. The zero-order valence-corrected chi connectivity index (χ0v) is 16.0. The number of aromatic nitrogens is 1. The van der Waals surface area contributed by atoms with Gasteiger partial charge in [-0.2, -0.15) is 0 Å². The maximum Gasteiger partial charge on any atom is 0.307 e. The van der Waals surface area contributed by atoms with Crippen molar-refractivity contribution in [1.82, 2.24) is 4.98 Å². The molecule has 1 amide bonds. The number of esters is 1. The Hall–Kier alpha value is -3.12. The van der Waals surface area contributed by atoms with Gasteiger partial charge in [-0.3, -0.25) is 9.59 Å². The van der Waals surface area contributed by atoms with Crippen LogP contribution in [0.1, 0.15) is 19.1 Å². The van der Waals surface area contributed by atoms with Crippen LogP contribution in [0.2, 0.25) is 5.15 Å². The monoisotopic (exact) mass is 398 g/mol. The molecule has 7 heteroatoms. The third-order valence-corrected chi connectivity index (χ3v) is 4.29. The number of amides is 1. The van der Waals surface area contributed by atoms with Gasteiger partial charge in [-0.1, -0.05) is 41.9 Å². The summed E-state index contributed by atoms with van der Waals surface area (Å²) in [6.45, 7) is 1.50. The highest BCUT2D eigenvalue weighted by Crippen LogP contribution is 2.22. The number of hydrogen-bond acceptors (Lipinski definition) is 5. The third-order valence-electron chi connectivity index (χ3n) is 3.99. The Balaban J connectivity index is 1.48. The van der Waals surface area contributed by atoms with Crippen LogP contribution in [0.25, 0.3) is 11.3 Å². The molecule has 1 atom stereocenters. The Morgan fingerprint density at radius 3 is 2.68 bits per heavy atom. The Labute approximate surface area is 167 Å². The molecule has 3 rings (SSSR count). The fourth-order valence-corrected chi connectivity index (χ4v) is 2.68. The second-order valence-electron chi connectivity index (χ2n) is 6.10. The van der Waals surface area contributed by atoms with Crippen molar-refractivity contribution in [2.24, 2.45) is 0 Å². The van der Waals surface area contributed by atoms with Crippen molar-refractivity contribution in [2.75, 3.05) is 5.32 Å². The van der Waals surface area contributed by atoms with Gasteiger partial charge >= 0.3 is 5.97 Å². The van der Waals surface area contributed by atoms with Crippen LogP contribution >= 0.6 is 11.6 Å². The van der Waals surface area contributed by atoms with Crippen LogP contribution in [-0.4, -0.2) is 23.0 Å². The van der Waals surface area contributed by atoms with Gasteiger partial charge in [0, 0.05) is 18.2 Å². The predicted molar refractivity (Wildman–Crippen MR) is 106 cm³/mol. The minimum absolute atomic E-state index is 0.104. The Morgan fingerprint density at radius 1 is 1.14 bits per heavy atom. The molecule has 0 aliphatic rings. The van der Waals surface area contributed by atoms with E-state index in [4.69, 9.17) is 20.8 Å². The first-order valence-corrected chi connectivity index (χ1v) is 9.15. The van der Waals surface area contributed by atoms with Crippen molar-refractivity contribution < 1.29 is 18.7 Å². The van der Waals surface area contributed by atoms with Crippen LogP contribution in [0.3, 0.4) is 0 Å². The topological polar surface area (TPSA) is 81.4 Å². The van der Waals surface area contributed by atoms with E-state index in [1.807, 2.05) is 42.5 Å². The molecular formula is C21H19ClN2O4. The lowest BCUT2D eigenvalue weighted by molar-refractivity contribution is -0.153. The van der Waals surface area contributed by atoms with E-state index in [0.29, 0.717) is 17.9 Å². The minimum Gasteiger partial charge on any atom is -0.461 e. The summed E-state index contributed by atoms with van der Waals surface area (Å²) in [6.07, 6.45) is 1.04. The maximum atomic E-state index is 12.1. The number of rotatable bonds is 7. The molecule has 0 saturated heterocycles. The zero-order valence-electron chi connectivity index (χ0n) is 15.2. The number of ether oxygens (including phenoxy) is 1. The van der Waals surface area contributed by atoms with E-state index < -0.39 is 18.0 Å². The number of hydrogen-bond donors (Lipinski definition) is 1. The number of carbonyl (C=O) groups excluding carboxylic acids is 2. The van der Waals surface area contributed by atoms with Gasteiger partial charge in [-0.15, -0.1) is 0 Å². The van der Waals surface area contributed by atoms with E-state index in [2.05, 4.69) is 10.3 Å². The smallest absolute Gasteiger partial charge is 0.307 e. The van der Waals surface area contributed by atoms with Crippen LogP contribution in [0.5, 0.6) is 0 Å². The summed E-state index contributed by atoms with van der Waals surface area (Å²) in [6, 6.07) is 16.6. The summed E-state index contributed by atoms with van der Waals surface area (Å²) in [7, 11) is 0. The molecule has 0 fully saturated rings. The molecule has 0 radical (unpaired) electrons. The molecule has 28 heavy (non-hydrogen) atoms. The lowest BCUT2D eigenvalue weighted by atomic mass is 10.2. The normalized spacial score (nSPS) is 11.6. The van der Waals surface area contributed by atoms with Crippen LogP contribution < -0.4 is 5.32 Å². The lowest BCUT2D eigenvalue weighted by Crippen LogP contribution is -2.30. The number of pyridine rings is 1. The number of nitrogens with zero attached hydrogens (tertiary/aromatic N) is 1. The van der Waals surface area contributed by atoms with Crippen molar-refractivity contribution in [3.63, 3.8) is 0 Å². The van der Waals surface area contributed by atoms with Gasteiger partial charge in [-0.05, 0) is 31.2 Å². The molecule has 2 heterocycles. The highest BCUT2D eigenvalue weighted by Gasteiger charge is 2.19.